The van der Waals surface area contributed by atoms with Crippen LogP contribution in [0.3, 0.4) is 0 Å². The molecule has 0 N–H and O–H groups in total. The van der Waals surface area contributed by atoms with Gasteiger partial charge in [-0.25, -0.2) is 4.79 Å². The van der Waals surface area contributed by atoms with Crippen LogP contribution in [0.25, 0.3) is 0 Å². The Kier molecular flexibility index (Phi) is 11.9. The molecule has 0 spiro atoms. The minimum absolute atomic E-state index is 0.145. The van der Waals surface area contributed by atoms with Crippen LogP contribution in [0.15, 0.2) is 12.1 Å². The molecule has 0 bridgehead atoms. The van der Waals surface area contributed by atoms with Crippen molar-refractivity contribution < 1.29 is 9.36 Å². The Labute approximate surface area is 186 Å². The highest BCUT2D eigenvalue weighted by Gasteiger charge is 2.31. The summed E-state index contributed by atoms with van der Waals surface area (Å²) in [5, 5.41) is 0. The van der Waals surface area contributed by atoms with Crippen LogP contribution >= 0.6 is 7.80 Å². The predicted molar refractivity (Wildman–Crippen MR) is 130 cm³/mol. The van der Waals surface area contributed by atoms with Crippen molar-refractivity contribution in [1.82, 2.24) is 0 Å². The van der Waals surface area contributed by atoms with Crippen LogP contribution < -0.4 is 0 Å². The van der Waals surface area contributed by atoms with E-state index in [2.05, 4.69) is 0 Å². The van der Waals surface area contributed by atoms with E-state index in [1.807, 2.05) is 32.9 Å². The van der Waals surface area contributed by atoms with Gasteiger partial charge in [-0.05, 0) is 50.7 Å². The normalized spacial score (nSPS) is 15.0. The van der Waals surface area contributed by atoms with Crippen molar-refractivity contribution in [2.24, 2.45) is 5.92 Å². The number of aryl methyl sites for hydroxylation is 3. The summed E-state index contributed by atoms with van der Waals surface area (Å²) in [6.45, 7) is 5.93. The molecule has 0 aliphatic heterocycles. The highest BCUT2D eigenvalue weighted by atomic mass is 31.1. The van der Waals surface area contributed by atoms with Crippen molar-refractivity contribution in [3.63, 3.8) is 0 Å². The zero-order valence-corrected chi connectivity index (χ0v) is 20.7. The summed E-state index contributed by atoms with van der Waals surface area (Å²) in [5.74, 6) is 1.06. The lowest BCUT2D eigenvalue weighted by Crippen LogP contribution is -2.02. The molecule has 1 aliphatic rings. The summed E-state index contributed by atoms with van der Waals surface area (Å²) in [6, 6.07) is 4.03. The van der Waals surface area contributed by atoms with E-state index in [1.165, 1.54) is 83.5 Å². The molecule has 30 heavy (non-hydrogen) atoms. The van der Waals surface area contributed by atoms with Crippen molar-refractivity contribution in [1.29, 1.82) is 0 Å². The Morgan fingerprint density at radius 2 is 1.27 bits per heavy atom. The molecular formula is C27H44O2P+. The molecule has 2 rings (SSSR count). The lowest BCUT2D eigenvalue weighted by molar-refractivity contribution is 0.107. The molecule has 0 saturated heterocycles. The van der Waals surface area contributed by atoms with Crippen LogP contribution in [0, 0.1) is 26.7 Å². The molecule has 1 aromatic rings. The van der Waals surface area contributed by atoms with Gasteiger partial charge in [0.05, 0.1) is 5.56 Å². The van der Waals surface area contributed by atoms with Crippen molar-refractivity contribution in [2.75, 3.05) is 6.16 Å². The van der Waals surface area contributed by atoms with E-state index in [9.17, 15) is 9.36 Å². The summed E-state index contributed by atoms with van der Waals surface area (Å²) >= 11 is 0. The van der Waals surface area contributed by atoms with Gasteiger partial charge >= 0.3 is 13.3 Å². The quantitative estimate of drug-likeness (QED) is 0.205. The molecule has 1 aliphatic carbocycles. The molecule has 1 saturated carbocycles. The minimum Gasteiger partial charge on any atom is -0.234 e. The Morgan fingerprint density at radius 3 is 1.80 bits per heavy atom. The molecule has 1 aromatic carbocycles. The number of hydrogen-bond donors (Lipinski definition) is 0. The second kappa shape index (κ2) is 14.1. The zero-order chi connectivity index (χ0) is 21.8. The van der Waals surface area contributed by atoms with E-state index in [1.54, 1.807) is 0 Å². The number of rotatable bonds is 15. The largest absolute Gasteiger partial charge is 0.420 e. The highest BCUT2D eigenvalue weighted by Crippen LogP contribution is 2.32. The highest BCUT2D eigenvalue weighted by molar-refractivity contribution is 7.64. The van der Waals surface area contributed by atoms with Crippen molar-refractivity contribution in [3.8, 4) is 0 Å². The molecule has 0 radical (unpaired) electrons. The van der Waals surface area contributed by atoms with Crippen LogP contribution in [0.2, 0.25) is 0 Å². The van der Waals surface area contributed by atoms with Crippen LogP contribution in [0.4, 0.5) is 0 Å². The van der Waals surface area contributed by atoms with Crippen molar-refractivity contribution in [3.05, 3.63) is 34.4 Å². The predicted octanol–water partition coefficient (Wildman–Crippen LogP) is 9.06. The molecule has 1 atom stereocenters. The number of carbonyl (C=O) groups is 1. The van der Waals surface area contributed by atoms with Gasteiger partial charge in [-0.1, -0.05) is 106 Å². The fraction of sp³-hybridized carbons (Fsp3) is 0.741. The second-order valence-electron chi connectivity index (χ2n) is 9.66. The van der Waals surface area contributed by atoms with Crippen LogP contribution in [-0.4, -0.2) is 11.7 Å². The molecule has 3 heteroatoms. The maximum atomic E-state index is 12.6. The fourth-order valence-electron chi connectivity index (χ4n) is 5.15. The standard InChI is InChI=1S/C27H44O2P/c1-22-20-23(2)26(24(3)21-22)27(28)30(29)19-15-11-9-7-5-4-6-8-10-12-16-25-17-13-14-18-25/h20-21,25H,4-19H2,1-3H3/q+1. The van der Waals surface area contributed by atoms with Gasteiger partial charge in [0.1, 0.15) is 0 Å². The third-order valence-electron chi connectivity index (χ3n) is 6.82. The number of benzene rings is 1. The maximum absolute atomic E-state index is 12.6. The van der Waals surface area contributed by atoms with E-state index >= 15 is 0 Å². The first-order valence-corrected chi connectivity index (χ1v) is 14.0. The average molecular weight is 432 g/mol. The Balaban J connectivity index is 1.45. The van der Waals surface area contributed by atoms with E-state index in [0.29, 0.717) is 11.7 Å². The zero-order valence-electron chi connectivity index (χ0n) is 19.8. The SMILES string of the molecule is Cc1cc(C)c(C(=O)[P+](=O)CCCCCCCCCCCCC2CCCC2)c(C)c1. The lowest BCUT2D eigenvalue weighted by Gasteiger charge is -2.07. The van der Waals surface area contributed by atoms with Crippen LogP contribution in [-0.2, 0) is 4.57 Å². The Hall–Kier alpha value is -1.01. The van der Waals surface area contributed by atoms with Crippen molar-refractivity contribution >= 4 is 13.3 Å². The van der Waals surface area contributed by atoms with Gasteiger partial charge in [0.2, 0.25) is 0 Å². The van der Waals surface area contributed by atoms with Gasteiger partial charge in [-0.3, -0.25) is 0 Å². The second-order valence-corrected chi connectivity index (χ2v) is 11.3. The molecule has 168 valence electrons. The van der Waals surface area contributed by atoms with E-state index in [4.69, 9.17) is 0 Å². The molecule has 0 aromatic heterocycles. The third kappa shape index (κ3) is 9.01. The van der Waals surface area contributed by atoms with E-state index in [-0.39, 0.29) is 5.52 Å². The Bertz CT molecular complexity index is 650. The molecule has 2 nitrogen and oxygen atoms in total. The van der Waals surface area contributed by atoms with Crippen LogP contribution in [0.1, 0.15) is 123 Å². The molecule has 0 amide bonds. The van der Waals surface area contributed by atoms with Gasteiger partial charge in [0.25, 0.3) is 0 Å². The fourth-order valence-corrected chi connectivity index (χ4v) is 6.46. The van der Waals surface area contributed by atoms with Gasteiger partial charge in [0, 0.05) is 0 Å². The van der Waals surface area contributed by atoms with E-state index < -0.39 is 7.80 Å². The first-order valence-electron chi connectivity index (χ1n) is 12.6. The molecule has 1 fully saturated rings. The number of hydrogen-bond acceptors (Lipinski definition) is 2. The van der Waals surface area contributed by atoms with E-state index in [0.717, 1.165) is 35.4 Å². The van der Waals surface area contributed by atoms with Gasteiger partial charge < -0.3 is 0 Å². The van der Waals surface area contributed by atoms with Crippen molar-refractivity contribution in [2.45, 2.75) is 117 Å². The summed E-state index contributed by atoms with van der Waals surface area (Å²) < 4.78 is 12.5. The molecule has 0 heterocycles. The van der Waals surface area contributed by atoms with Gasteiger partial charge in [-0.2, -0.15) is 0 Å². The maximum Gasteiger partial charge on any atom is 0.420 e. The summed E-state index contributed by atoms with van der Waals surface area (Å²) in [6.07, 6.45) is 20.8. The average Bonchev–Trinajstić information content (AvgIpc) is 3.21. The lowest BCUT2D eigenvalue weighted by atomic mass is 9.99. The number of unbranched alkanes of at least 4 members (excludes halogenated alkanes) is 9. The third-order valence-corrected chi connectivity index (χ3v) is 8.21. The summed E-state index contributed by atoms with van der Waals surface area (Å²) in [7, 11) is -1.79. The topological polar surface area (TPSA) is 34.1 Å². The van der Waals surface area contributed by atoms with Gasteiger partial charge in [0.15, 0.2) is 6.16 Å². The first kappa shape index (κ1) is 25.3. The summed E-state index contributed by atoms with van der Waals surface area (Å²) in [5.41, 5.74) is 3.61. The summed E-state index contributed by atoms with van der Waals surface area (Å²) in [4.78, 5) is 12.6. The molecular weight excluding hydrogens is 387 g/mol. The minimum atomic E-state index is -1.79. The van der Waals surface area contributed by atoms with Gasteiger partial charge in [-0.15, -0.1) is 0 Å². The first-order chi connectivity index (χ1) is 14.5. The van der Waals surface area contributed by atoms with Crippen LogP contribution in [0.5, 0.6) is 0 Å². The smallest absolute Gasteiger partial charge is 0.234 e. The molecule has 1 unspecified atom stereocenters. The monoisotopic (exact) mass is 431 g/mol. The Morgan fingerprint density at radius 1 is 0.800 bits per heavy atom. The number of carbonyl (C=O) groups excluding carboxylic acids is 1.